The Hall–Kier alpha value is -2.24. The van der Waals surface area contributed by atoms with E-state index in [0.717, 1.165) is 11.3 Å². The van der Waals surface area contributed by atoms with Crippen LogP contribution in [0.25, 0.3) is 0 Å². The van der Waals surface area contributed by atoms with Crippen LogP contribution in [0.1, 0.15) is 31.9 Å². The average molecular weight is 277 g/mol. The summed E-state index contributed by atoms with van der Waals surface area (Å²) >= 11 is 0. The van der Waals surface area contributed by atoms with Crippen molar-refractivity contribution in [2.24, 2.45) is 16.3 Å². The number of carbonyl (C=O) groups is 1. The zero-order valence-electron chi connectivity index (χ0n) is 11.6. The van der Waals surface area contributed by atoms with Crippen LogP contribution in [0.5, 0.6) is 5.75 Å². The minimum Gasteiger partial charge on any atom is -0.493 e. The lowest BCUT2D eigenvalue weighted by atomic mass is 9.89. The third kappa shape index (κ3) is 2.54. The number of nitrogens with two attached hydrogens (primary N) is 1. The van der Waals surface area contributed by atoms with E-state index in [4.69, 9.17) is 15.7 Å². The summed E-state index contributed by atoms with van der Waals surface area (Å²) in [7, 11) is 0. The van der Waals surface area contributed by atoms with Gasteiger partial charge in [-0.1, -0.05) is 23.4 Å². The van der Waals surface area contributed by atoms with Crippen molar-refractivity contribution in [2.75, 3.05) is 6.61 Å². The first kappa shape index (κ1) is 14.2. The number of amidine groups is 1. The van der Waals surface area contributed by atoms with Crippen LogP contribution in [-0.2, 0) is 4.79 Å². The minimum absolute atomic E-state index is 0.115. The number of para-hydroxylation sites is 1. The quantitative estimate of drug-likeness (QED) is 0.337. The van der Waals surface area contributed by atoms with Crippen LogP contribution >= 0.6 is 0 Å². The number of benzene rings is 1. The standard InChI is InChI=1S/C14H19N3O3/c1-14(2,12(15)17-19)13(18)16-10-7-8-20-11-6-4-3-5-9(10)11/h3-6,10,19H,7-8H2,1-2H3,(H2,15,17)(H,16,18). The maximum Gasteiger partial charge on any atom is 0.233 e. The van der Waals surface area contributed by atoms with Crippen molar-refractivity contribution in [2.45, 2.75) is 26.3 Å². The van der Waals surface area contributed by atoms with Gasteiger partial charge in [-0.25, -0.2) is 0 Å². The average Bonchev–Trinajstić information content (AvgIpc) is 2.46. The van der Waals surface area contributed by atoms with Gasteiger partial charge in [0, 0.05) is 12.0 Å². The van der Waals surface area contributed by atoms with Gasteiger partial charge in [-0.2, -0.15) is 0 Å². The van der Waals surface area contributed by atoms with E-state index in [-0.39, 0.29) is 17.8 Å². The normalized spacial score (nSPS) is 18.9. The molecule has 1 heterocycles. The first-order valence-electron chi connectivity index (χ1n) is 6.47. The summed E-state index contributed by atoms with van der Waals surface area (Å²) in [5.41, 5.74) is 5.45. The van der Waals surface area contributed by atoms with E-state index in [0.29, 0.717) is 13.0 Å². The van der Waals surface area contributed by atoms with Crippen molar-refractivity contribution in [3.63, 3.8) is 0 Å². The van der Waals surface area contributed by atoms with Gasteiger partial charge in [0.05, 0.1) is 12.6 Å². The molecule has 4 N–H and O–H groups in total. The predicted octanol–water partition coefficient (Wildman–Crippen LogP) is 1.40. The molecule has 2 rings (SSSR count). The molecule has 1 amide bonds. The van der Waals surface area contributed by atoms with Crippen molar-refractivity contribution in [1.82, 2.24) is 5.32 Å². The Morgan fingerprint density at radius 3 is 2.90 bits per heavy atom. The molecule has 1 atom stereocenters. The Labute approximate surface area is 117 Å². The van der Waals surface area contributed by atoms with E-state index in [1.807, 2.05) is 24.3 Å². The summed E-state index contributed by atoms with van der Waals surface area (Å²) < 4.78 is 5.55. The van der Waals surface area contributed by atoms with Gasteiger partial charge in [-0.05, 0) is 19.9 Å². The zero-order valence-corrected chi connectivity index (χ0v) is 11.6. The van der Waals surface area contributed by atoms with Crippen molar-refractivity contribution in [1.29, 1.82) is 0 Å². The monoisotopic (exact) mass is 277 g/mol. The highest BCUT2D eigenvalue weighted by molar-refractivity contribution is 6.06. The lowest BCUT2D eigenvalue weighted by Crippen LogP contribution is -2.47. The Morgan fingerprint density at radius 1 is 1.50 bits per heavy atom. The topological polar surface area (TPSA) is 96.9 Å². The smallest absolute Gasteiger partial charge is 0.233 e. The van der Waals surface area contributed by atoms with Gasteiger partial charge in [-0.3, -0.25) is 4.79 Å². The first-order valence-corrected chi connectivity index (χ1v) is 6.47. The van der Waals surface area contributed by atoms with Crippen LogP contribution in [0.2, 0.25) is 0 Å². The number of fused-ring (bicyclic) bond motifs is 1. The first-order chi connectivity index (χ1) is 9.46. The van der Waals surface area contributed by atoms with Crippen molar-refractivity contribution in [3.05, 3.63) is 29.8 Å². The second kappa shape index (κ2) is 5.40. The molecule has 1 aromatic carbocycles. The molecule has 1 aliphatic rings. The second-order valence-corrected chi connectivity index (χ2v) is 5.31. The Bertz CT molecular complexity index is 540. The lowest BCUT2D eigenvalue weighted by molar-refractivity contribution is -0.127. The molecule has 0 aliphatic carbocycles. The number of oxime groups is 1. The SMILES string of the molecule is CC(C)(C(=O)NC1CCOc2ccccc21)C(N)=NO. The van der Waals surface area contributed by atoms with E-state index in [2.05, 4.69) is 10.5 Å². The molecule has 0 fully saturated rings. The number of rotatable bonds is 3. The van der Waals surface area contributed by atoms with Crippen molar-refractivity contribution >= 4 is 11.7 Å². The minimum atomic E-state index is -1.07. The molecule has 6 nitrogen and oxygen atoms in total. The van der Waals surface area contributed by atoms with Crippen LogP contribution in [0.3, 0.4) is 0 Å². The summed E-state index contributed by atoms with van der Waals surface area (Å²) in [6.07, 6.45) is 0.689. The molecule has 108 valence electrons. The maximum absolute atomic E-state index is 12.3. The molecule has 0 radical (unpaired) electrons. The van der Waals surface area contributed by atoms with Crippen LogP contribution in [0.15, 0.2) is 29.4 Å². The number of hydrogen-bond donors (Lipinski definition) is 3. The summed E-state index contributed by atoms with van der Waals surface area (Å²) in [5, 5.41) is 14.6. The summed E-state index contributed by atoms with van der Waals surface area (Å²) in [4.78, 5) is 12.3. The highest BCUT2D eigenvalue weighted by atomic mass is 16.5. The zero-order chi connectivity index (χ0) is 14.8. The van der Waals surface area contributed by atoms with Gasteiger partial charge in [0.1, 0.15) is 11.2 Å². The highest BCUT2D eigenvalue weighted by Crippen LogP contribution is 2.32. The van der Waals surface area contributed by atoms with Gasteiger partial charge in [0.2, 0.25) is 5.91 Å². The Kier molecular flexibility index (Phi) is 3.83. The van der Waals surface area contributed by atoms with Crippen LogP contribution in [0.4, 0.5) is 0 Å². The Balaban J connectivity index is 2.18. The molecule has 1 unspecified atom stereocenters. The largest absolute Gasteiger partial charge is 0.493 e. The number of ether oxygens (including phenoxy) is 1. The molecule has 20 heavy (non-hydrogen) atoms. The van der Waals surface area contributed by atoms with E-state index in [9.17, 15) is 4.79 Å². The molecule has 0 spiro atoms. The second-order valence-electron chi connectivity index (χ2n) is 5.31. The number of hydrogen-bond acceptors (Lipinski definition) is 4. The fraction of sp³-hybridized carbons (Fsp3) is 0.429. The van der Waals surface area contributed by atoms with Crippen LogP contribution < -0.4 is 15.8 Å². The summed E-state index contributed by atoms with van der Waals surface area (Å²) in [5.74, 6) is 0.385. The Morgan fingerprint density at radius 2 is 2.20 bits per heavy atom. The van der Waals surface area contributed by atoms with Crippen molar-refractivity contribution in [3.8, 4) is 5.75 Å². The third-order valence-electron chi connectivity index (χ3n) is 3.58. The summed E-state index contributed by atoms with van der Waals surface area (Å²) in [6.45, 7) is 3.77. The molecular weight excluding hydrogens is 258 g/mol. The molecular formula is C14H19N3O3. The number of nitrogens with one attached hydrogen (secondary N) is 1. The predicted molar refractivity (Wildman–Crippen MR) is 74.6 cm³/mol. The molecule has 6 heteroatoms. The molecule has 0 saturated heterocycles. The van der Waals surface area contributed by atoms with Gasteiger partial charge in [-0.15, -0.1) is 0 Å². The van der Waals surface area contributed by atoms with Crippen LogP contribution in [-0.4, -0.2) is 23.6 Å². The number of nitrogens with zero attached hydrogens (tertiary/aromatic N) is 1. The molecule has 0 saturated carbocycles. The molecule has 0 bridgehead atoms. The lowest BCUT2D eigenvalue weighted by Gasteiger charge is -2.30. The molecule has 1 aromatic rings. The van der Waals surface area contributed by atoms with E-state index in [1.165, 1.54) is 0 Å². The van der Waals surface area contributed by atoms with E-state index in [1.54, 1.807) is 13.8 Å². The van der Waals surface area contributed by atoms with E-state index >= 15 is 0 Å². The highest BCUT2D eigenvalue weighted by Gasteiger charge is 2.35. The number of amides is 1. The number of carbonyl (C=O) groups excluding carboxylic acids is 1. The van der Waals surface area contributed by atoms with Gasteiger partial charge < -0.3 is 21.0 Å². The fourth-order valence-corrected chi connectivity index (χ4v) is 2.07. The van der Waals surface area contributed by atoms with Gasteiger partial charge in [0.25, 0.3) is 0 Å². The molecule has 0 aromatic heterocycles. The third-order valence-corrected chi connectivity index (χ3v) is 3.58. The van der Waals surface area contributed by atoms with Gasteiger partial charge >= 0.3 is 0 Å². The molecule has 1 aliphatic heterocycles. The van der Waals surface area contributed by atoms with Gasteiger partial charge in [0.15, 0.2) is 5.84 Å². The van der Waals surface area contributed by atoms with Crippen molar-refractivity contribution < 1.29 is 14.7 Å². The van der Waals surface area contributed by atoms with Crippen LogP contribution in [0, 0.1) is 5.41 Å². The van der Waals surface area contributed by atoms with E-state index < -0.39 is 5.41 Å². The fourth-order valence-electron chi connectivity index (χ4n) is 2.07. The summed E-state index contributed by atoms with van der Waals surface area (Å²) in [6, 6.07) is 7.47. The maximum atomic E-state index is 12.3.